The molecule has 0 bridgehead atoms. The van der Waals surface area contributed by atoms with Gasteiger partial charge in [0.05, 0.1) is 11.8 Å². The molecule has 0 saturated heterocycles. The van der Waals surface area contributed by atoms with Gasteiger partial charge in [-0.05, 0) is 31.0 Å². The second-order valence-electron chi connectivity index (χ2n) is 4.52. The van der Waals surface area contributed by atoms with Crippen molar-refractivity contribution in [3.05, 3.63) is 16.2 Å². The molecule has 2 aromatic rings. The van der Waals surface area contributed by atoms with Crippen LogP contribution in [0, 0.1) is 6.92 Å². The van der Waals surface area contributed by atoms with E-state index in [0.717, 1.165) is 33.9 Å². The van der Waals surface area contributed by atoms with Crippen molar-refractivity contribution in [3.8, 4) is 0 Å². The van der Waals surface area contributed by atoms with Crippen LogP contribution in [0.3, 0.4) is 0 Å². The fourth-order valence-electron chi connectivity index (χ4n) is 2.07. The van der Waals surface area contributed by atoms with E-state index in [-0.39, 0.29) is 11.7 Å². The molecule has 0 atom stereocenters. The Balaban J connectivity index is 2.42. The van der Waals surface area contributed by atoms with Gasteiger partial charge in [-0.2, -0.15) is 4.98 Å². The monoisotopic (exact) mass is 313 g/mol. The molecule has 0 radical (unpaired) electrons. The lowest BCUT2D eigenvalue weighted by molar-refractivity contribution is -0.136. The number of carbonyl (C=O) groups is 1. The minimum Gasteiger partial charge on any atom is -0.481 e. The van der Waals surface area contributed by atoms with Gasteiger partial charge in [-0.25, -0.2) is 4.98 Å². The van der Waals surface area contributed by atoms with Gasteiger partial charge in [0.1, 0.15) is 10.6 Å². The molecule has 5 nitrogen and oxygen atoms in total. The Labute approximate surface area is 126 Å². The third kappa shape index (κ3) is 3.37. The largest absolute Gasteiger partial charge is 0.481 e. The average molecular weight is 314 g/mol. The van der Waals surface area contributed by atoms with Gasteiger partial charge >= 0.3 is 5.97 Å². The number of aryl methyl sites for hydroxylation is 1. The lowest BCUT2D eigenvalue weighted by Crippen LogP contribution is -2.28. The van der Waals surface area contributed by atoms with Gasteiger partial charge in [-0.15, -0.1) is 11.3 Å². The molecule has 0 amide bonds. The van der Waals surface area contributed by atoms with E-state index in [1.54, 1.807) is 11.3 Å². The number of aromatic nitrogens is 2. The minimum absolute atomic E-state index is 0.0756. The van der Waals surface area contributed by atoms with E-state index in [0.29, 0.717) is 6.54 Å². The van der Waals surface area contributed by atoms with Gasteiger partial charge < -0.3 is 10.0 Å². The van der Waals surface area contributed by atoms with E-state index >= 15 is 0 Å². The number of carboxylic acids is 1. The first kappa shape index (κ1) is 15.0. The van der Waals surface area contributed by atoms with Crippen LogP contribution >= 0.6 is 22.9 Å². The lowest BCUT2D eigenvalue weighted by atomic mass is 10.3. The van der Waals surface area contributed by atoms with E-state index in [2.05, 4.69) is 9.97 Å². The lowest BCUT2D eigenvalue weighted by Gasteiger charge is -2.23. The number of halogens is 1. The zero-order valence-electron chi connectivity index (χ0n) is 11.4. The summed E-state index contributed by atoms with van der Waals surface area (Å²) in [7, 11) is 0. The molecule has 0 unspecified atom stereocenters. The average Bonchev–Trinajstić information content (AvgIpc) is 2.73. The molecule has 108 valence electrons. The van der Waals surface area contributed by atoms with Gasteiger partial charge in [0.15, 0.2) is 0 Å². The zero-order valence-corrected chi connectivity index (χ0v) is 13.0. The highest BCUT2D eigenvalue weighted by Gasteiger charge is 2.16. The summed E-state index contributed by atoms with van der Waals surface area (Å²) in [6.45, 7) is 5.21. The third-order valence-electron chi connectivity index (χ3n) is 2.86. The molecule has 0 aliphatic heterocycles. The molecular formula is C13H16ClN3O2S. The highest BCUT2D eigenvalue weighted by molar-refractivity contribution is 7.18. The zero-order chi connectivity index (χ0) is 14.7. The molecule has 0 fully saturated rings. The van der Waals surface area contributed by atoms with Gasteiger partial charge in [-0.3, -0.25) is 4.79 Å². The number of rotatable bonds is 6. The van der Waals surface area contributed by atoms with E-state index in [1.807, 2.05) is 24.8 Å². The fourth-order valence-corrected chi connectivity index (χ4v) is 3.16. The Kier molecular flexibility index (Phi) is 4.77. The predicted octanol–water partition coefficient (Wildman–Crippen LogP) is 3.34. The molecule has 2 rings (SSSR count). The van der Waals surface area contributed by atoms with Gasteiger partial charge in [0.2, 0.25) is 5.28 Å². The highest BCUT2D eigenvalue weighted by atomic mass is 35.5. The molecule has 2 heterocycles. The van der Waals surface area contributed by atoms with Crippen molar-refractivity contribution < 1.29 is 9.90 Å². The summed E-state index contributed by atoms with van der Waals surface area (Å²) in [4.78, 5) is 23.3. The van der Waals surface area contributed by atoms with Crippen LogP contribution in [0.25, 0.3) is 10.2 Å². The maximum atomic E-state index is 10.8. The molecule has 2 aromatic heterocycles. The molecular weight excluding hydrogens is 298 g/mol. The topological polar surface area (TPSA) is 66.3 Å². The van der Waals surface area contributed by atoms with E-state index in [4.69, 9.17) is 16.7 Å². The van der Waals surface area contributed by atoms with Crippen LogP contribution in [0.5, 0.6) is 0 Å². The van der Waals surface area contributed by atoms with Crippen LogP contribution in [0.15, 0.2) is 6.07 Å². The summed E-state index contributed by atoms with van der Waals surface area (Å²) in [6.07, 6.45) is 0.984. The van der Waals surface area contributed by atoms with E-state index < -0.39 is 5.97 Å². The minimum atomic E-state index is -0.816. The Morgan fingerprint density at radius 3 is 2.85 bits per heavy atom. The van der Waals surface area contributed by atoms with Crippen molar-refractivity contribution in [2.24, 2.45) is 0 Å². The summed E-state index contributed by atoms with van der Waals surface area (Å²) in [5.41, 5.74) is 0. The van der Waals surface area contributed by atoms with Crippen LogP contribution in [-0.2, 0) is 4.79 Å². The SMILES string of the molecule is CCCN(CCC(=O)O)c1nc(Cl)nc2sc(C)cc12. The number of fused-ring (bicyclic) bond motifs is 1. The molecule has 0 saturated carbocycles. The predicted molar refractivity (Wildman–Crippen MR) is 81.9 cm³/mol. The molecule has 0 aliphatic rings. The summed E-state index contributed by atoms with van der Waals surface area (Å²) in [5.74, 6) is -0.0866. The summed E-state index contributed by atoms with van der Waals surface area (Å²) >= 11 is 7.54. The van der Waals surface area contributed by atoms with Gasteiger partial charge in [0.25, 0.3) is 0 Å². The first-order valence-corrected chi connectivity index (χ1v) is 7.61. The number of thiophene rings is 1. The maximum Gasteiger partial charge on any atom is 0.305 e. The van der Waals surface area contributed by atoms with Crippen LogP contribution < -0.4 is 4.90 Å². The Bertz CT molecular complexity index is 629. The molecule has 0 aromatic carbocycles. The quantitative estimate of drug-likeness (QED) is 0.828. The number of anilines is 1. The highest BCUT2D eigenvalue weighted by Crippen LogP contribution is 2.31. The Morgan fingerprint density at radius 1 is 1.45 bits per heavy atom. The summed E-state index contributed by atoms with van der Waals surface area (Å²) in [5, 5.41) is 10.0. The maximum absolute atomic E-state index is 10.8. The number of nitrogens with zero attached hydrogens (tertiary/aromatic N) is 3. The van der Waals surface area contributed by atoms with Gasteiger partial charge in [0, 0.05) is 18.0 Å². The standard InChI is InChI=1S/C13H16ClN3O2S/c1-3-5-17(6-4-10(18)19)11-9-7-8(2)20-12(9)16-13(14)15-11/h7H,3-6H2,1-2H3,(H,18,19). The number of hydrogen-bond acceptors (Lipinski definition) is 5. The molecule has 0 spiro atoms. The van der Waals surface area contributed by atoms with Crippen molar-refractivity contribution >= 4 is 44.9 Å². The third-order valence-corrected chi connectivity index (χ3v) is 3.97. The fraction of sp³-hybridized carbons (Fsp3) is 0.462. The molecule has 20 heavy (non-hydrogen) atoms. The normalized spacial score (nSPS) is 10.9. The van der Waals surface area contributed by atoms with Crippen molar-refractivity contribution in [2.45, 2.75) is 26.7 Å². The molecule has 1 N–H and O–H groups in total. The smallest absolute Gasteiger partial charge is 0.305 e. The van der Waals surface area contributed by atoms with Crippen molar-refractivity contribution in [1.29, 1.82) is 0 Å². The first-order valence-electron chi connectivity index (χ1n) is 6.41. The second kappa shape index (κ2) is 6.37. The Hall–Kier alpha value is -1.40. The molecule has 7 heteroatoms. The van der Waals surface area contributed by atoms with Gasteiger partial charge in [-0.1, -0.05) is 6.92 Å². The number of hydrogen-bond donors (Lipinski definition) is 1. The van der Waals surface area contributed by atoms with Crippen molar-refractivity contribution in [2.75, 3.05) is 18.0 Å². The van der Waals surface area contributed by atoms with Crippen molar-refractivity contribution in [1.82, 2.24) is 9.97 Å². The second-order valence-corrected chi connectivity index (χ2v) is 6.10. The van der Waals surface area contributed by atoms with Crippen LogP contribution in [0.1, 0.15) is 24.6 Å². The van der Waals surface area contributed by atoms with E-state index in [1.165, 1.54) is 0 Å². The van der Waals surface area contributed by atoms with Crippen LogP contribution in [0.4, 0.5) is 5.82 Å². The number of aliphatic carboxylic acids is 1. The first-order chi connectivity index (χ1) is 9.51. The number of carboxylic acid groups (broad SMARTS) is 1. The summed E-state index contributed by atoms with van der Waals surface area (Å²) in [6, 6.07) is 2.02. The summed E-state index contributed by atoms with van der Waals surface area (Å²) < 4.78 is 0. The molecule has 0 aliphatic carbocycles. The van der Waals surface area contributed by atoms with E-state index in [9.17, 15) is 4.79 Å². The van der Waals surface area contributed by atoms with Crippen LogP contribution in [-0.4, -0.2) is 34.1 Å². The Morgan fingerprint density at radius 2 is 2.20 bits per heavy atom. The van der Waals surface area contributed by atoms with Crippen molar-refractivity contribution in [3.63, 3.8) is 0 Å². The van der Waals surface area contributed by atoms with Crippen LogP contribution in [0.2, 0.25) is 5.28 Å².